The van der Waals surface area contributed by atoms with Crippen molar-refractivity contribution in [3.05, 3.63) is 16.0 Å². The average molecular weight is 298 g/mol. The van der Waals surface area contributed by atoms with Gasteiger partial charge in [0, 0.05) is 13.0 Å². The number of aromatic nitrogens is 2. The molecular weight excluding hydrogens is 278 g/mol. The lowest BCUT2D eigenvalue weighted by Gasteiger charge is -2.11. The van der Waals surface area contributed by atoms with Crippen LogP contribution in [0, 0.1) is 5.92 Å². The predicted molar refractivity (Wildman–Crippen MR) is 74.3 cm³/mol. The minimum Gasteiger partial charge on any atom is -0.369 e. The van der Waals surface area contributed by atoms with E-state index in [9.17, 15) is 0 Å². The molecule has 3 nitrogen and oxygen atoms in total. The van der Waals surface area contributed by atoms with E-state index in [1.54, 1.807) is 0 Å². The first kappa shape index (κ1) is 12.8. The van der Waals surface area contributed by atoms with E-state index in [1.807, 2.05) is 0 Å². The molecule has 1 heterocycles. The molecule has 0 spiro atoms. The summed E-state index contributed by atoms with van der Waals surface area (Å²) in [5.41, 5.74) is 1.12. The SMILES string of the molecule is CCCNc1nc(CC2CC2)nc(CC)c1Br. The summed E-state index contributed by atoms with van der Waals surface area (Å²) >= 11 is 3.60. The highest BCUT2D eigenvalue weighted by Crippen LogP contribution is 2.33. The summed E-state index contributed by atoms with van der Waals surface area (Å²) in [5.74, 6) is 2.81. The normalized spacial score (nSPS) is 15.0. The van der Waals surface area contributed by atoms with Gasteiger partial charge in [-0.2, -0.15) is 0 Å². The summed E-state index contributed by atoms with van der Waals surface area (Å²) in [5, 5.41) is 3.37. The van der Waals surface area contributed by atoms with E-state index >= 15 is 0 Å². The maximum absolute atomic E-state index is 4.64. The zero-order chi connectivity index (χ0) is 12.3. The quantitative estimate of drug-likeness (QED) is 0.872. The molecule has 4 heteroatoms. The third kappa shape index (κ3) is 3.41. The number of hydrogen-bond acceptors (Lipinski definition) is 3. The second-order valence-corrected chi connectivity index (χ2v) is 5.47. The van der Waals surface area contributed by atoms with Gasteiger partial charge in [0.05, 0.1) is 10.2 Å². The first-order chi connectivity index (χ1) is 8.24. The van der Waals surface area contributed by atoms with Gasteiger partial charge in [-0.1, -0.05) is 13.8 Å². The third-order valence-corrected chi connectivity index (χ3v) is 3.84. The molecule has 0 saturated heterocycles. The molecule has 2 rings (SSSR count). The van der Waals surface area contributed by atoms with Crippen LogP contribution >= 0.6 is 15.9 Å². The summed E-state index contributed by atoms with van der Waals surface area (Å²) in [4.78, 5) is 9.27. The lowest BCUT2D eigenvalue weighted by Crippen LogP contribution is -2.09. The Morgan fingerprint density at radius 2 is 2.06 bits per heavy atom. The van der Waals surface area contributed by atoms with Crippen LogP contribution in [0.15, 0.2) is 4.47 Å². The van der Waals surface area contributed by atoms with Crippen molar-refractivity contribution >= 4 is 21.7 Å². The van der Waals surface area contributed by atoms with Crippen molar-refractivity contribution in [2.75, 3.05) is 11.9 Å². The van der Waals surface area contributed by atoms with Crippen LogP contribution in [-0.4, -0.2) is 16.5 Å². The number of aryl methyl sites for hydroxylation is 1. The first-order valence-corrected chi connectivity index (χ1v) is 7.33. The lowest BCUT2D eigenvalue weighted by molar-refractivity contribution is 0.755. The number of rotatable bonds is 6. The lowest BCUT2D eigenvalue weighted by atomic mass is 10.2. The summed E-state index contributed by atoms with van der Waals surface area (Å²) in [6.45, 7) is 5.26. The van der Waals surface area contributed by atoms with E-state index in [0.29, 0.717) is 0 Å². The second kappa shape index (κ2) is 5.80. The molecule has 0 aromatic carbocycles. The van der Waals surface area contributed by atoms with Gasteiger partial charge in [0.15, 0.2) is 0 Å². The summed E-state index contributed by atoms with van der Waals surface area (Å²) in [6, 6.07) is 0. The second-order valence-electron chi connectivity index (χ2n) is 4.68. The monoisotopic (exact) mass is 297 g/mol. The van der Waals surface area contributed by atoms with Gasteiger partial charge in [-0.3, -0.25) is 0 Å². The summed E-state index contributed by atoms with van der Waals surface area (Å²) in [7, 11) is 0. The molecule has 17 heavy (non-hydrogen) atoms. The number of nitrogens with one attached hydrogen (secondary N) is 1. The molecule has 1 aliphatic carbocycles. The highest BCUT2D eigenvalue weighted by molar-refractivity contribution is 9.10. The van der Waals surface area contributed by atoms with Crippen molar-refractivity contribution in [2.24, 2.45) is 5.92 Å². The highest BCUT2D eigenvalue weighted by Gasteiger charge is 2.23. The Hall–Kier alpha value is -0.640. The molecule has 0 radical (unpaired) electrons. The molecule has 94 valence electrons. The molecule has 1 fully saturated rings. The van der Waals surface area contributed by atoms with Crippen LogP contribution in [0.5, 0.6) is 0 Å². The Labute approximate surface area is 112 Å². The molecule has 0 bridgehead atoms. The van der Waals surface area contributed by atoms with Crippen LogP contribution in [0.4, 0.5) is 5.82 Å². The average Bonchev–Trinajstić information content (AvgIpc) is 3.13. The van der Waals surface area contributed by atoms with E-state index in [1.165, 1.54) is 12.8 Å². The third-order valence-electron chi connectivity index (χ3n) is 3.01. The summed E-state index contributed by atoms with van der Waals surface area (Å²) < 4.78 is 1.04. The Bertz CT molecular complexity index is 388. The minimum atomic E-state index is 0.833. The molecule has 1 N–H and O–H groups in total. The molecule has 0 aliphatic heterocycles. The molecule has 1 aromatic rings. The van der Waals surface area contributed by atoms with Crippen molar-refractivity contribution in [1.82, 2.24) is 9.97 Å². The van der Waals surface area contributed by atoms with Crippen molar-refractivity contribution in [3.63, 3.8) is 0 Å². The van der Waals surface area contributed by atoms with Gasteiger partial charge < -0.3 is 5.32 Å². The number of anilines is 1. The number of hydrogen-bond donors (Lipinski definition) is 1. The molecule has 1 aliphatic rings. The van der Waals surface area contributed by atoms with Crippen LogP contribution in [-0.2, 0) is 12.8 Å². The maximum Gasteiger partial charge on any atom is 0.144 e. The van der Waals surface area contributed by atoms with Crippen LogP contribution in [0.2, 0.25) is 0 Å². The minimum absolute atomic E-state index is 0.833. The Kier molecular flexibility index (Phi) is 4.37. The summed E-state index contributed by atoms with van der Waals surface area (Å²) in [6.07, 6.45) is 5.79. The maximum atomic E-state index is 4.64. The largest absolute Gasteiger partial charge is 0.369 e. The number of halogens is 1. The van der Waals surface area contributed by atoms with E-state index < -0.39 is 0 Å². The van der Waals surface area contributed by atoms with Crippen molar-refractivity contribution in [2.45, 2.75) is 46.0 Å². The molecule has 1 aromatic heterocycles. The standard InChI is InChI=1S/C13H20BrN3/c1-3-7-15-13-12(14)10(4-2)16-11(17-13)8-9-5-6-9/h9H,3-8H2,1-2H3,(H,15,16,17). The molecule has 1 saturated carbocycles. The Morgan fingerprint density at radius 1 is 1.29 bits per heavy atom. The smallest absolute Gasteiger partial charge is 0.144 e. The van der Waals surface area contributed by atoms with Crippen molar-refractivity contribution < 1.29 is 0 Å². The van der Waals surface area contributed by atoms with Gasteiger partial charge >= 0.3 is 0 Å². The van der Waals surface area contributed by atoms with Crippen LogP contribution in [0.1, 0.15) is 44.6 Å². The van der Waals surface area contributed by atoms with Gasteiger partial charge in [0.25, 0.3) is 0 Å². The van der Waals surface area contributed by atoms with Gasteiger partial charge in [-0.15, -0.1) is 0 Å². The van der Waals surface area contributed by atoms with Crippen molar-refractivity contribution in [1.29, 1.82) is 0 Å². The van der Waals surface area contributed by atoms with Crippen LogP contribution in [0.25, 0.3) is 0 Å². The van der Waals surface area contributed by atoms with Crippen LogP contribution in [0.3, 0.4) is 0 Å². The molecule has 0 unspecified atom stereocenters. The van der Waals surface area contributed by atoms with E-state index in [0.717, 1.165) is 53.5 Å². The van der Waals surface area contributed by atoms with Crippen molar-refractivity contribution in [3.8, 4) is 0 Å². The fourth-order valence-electron chi connectivity index (χ4n) is 1.81. The number of nitrogens with zero attached hydrogens (tertiary/aromatic N) is 2. The highest BCUT2D eigenvalue weighted by atomic mass is 79.9. The predicted octanol–water partition coefficient (Wildman–Crippen LogP) is 3.58. The molecule has 0 amide bonds. The Morgan fingerprint density at radius 3 is 2.65 bits per heavy atom. The van der Waals surface area contributed by atoms with Gasteiger partial charge in [0.2, 0.25) is 0 Å². The Balaban J connectivity index is 2.20. The zero-order valence-electron chi connectivity index (χ0n) is 10.6. The van der Waals surface area contributed by atoms with Gasteiger partial charge in [-0.05, 0) is 47.5 Å². The van der Waals surface area contributed by atoms with E-state index in [-0.39, 0.29) is 0 Å². The molecular formula is C13H20BrN3. The fraction of sp³-hybridized carbons (Fsp3) is 0.692. The van der Waals surface area contributed by atoms with Gasteiger partial charge in [-0.25, -0.2) is 9.97 Å². The fourth-order valence-corrected chi connectivity index (χ4v) is 2.41. The topological polar surface area (TPSA) is 37.8 Å². The van der Waals surface area contributed by atoms with E-state index in [4.69, 9.17) is 0 Å². The molecule has 0 atom stereocenters. The van der Waals surface area contributed by atoms with Crippen LogP contribution < -0.4 is 5.32 Å². The zero-order valence-corrected chi connectivity index (χ0v) is 12.2. The first-order valence-electron chi connectivity index (χ1n) is 6.53. The van der Waals surface area contributed by atoms with E-state index in [2.05, 4.69) is 45.1 Å². The van der Waals surface area contributed by atoms with Gasteiger partial charge in [0.1, 0.15) is 11.6 Å².